The van der Waals surface area contributed by atoms with Gasteiger partial charge in [0.1, 0.15) is 13.2 Å². The van der Waals surface area contributed by atoms with Gasteiger partial charge in [0.15, 0.2) is 11.5 Å². The van der Waals surface area contributed by atoms with Crippen LogP contribution >= 0.6 is 11.6 Å². The van der Waals surface area contributed by atoms with Crippen molar-refractivity contribution < 1.29 is 19.5 Å². The summed E-state index contributed by atoms with van der Waals surface area (Å²) in [4.78, 5) is 14.3. The van der Waals surface area contributed by atoms with Gasteiger partial charge in [0, 0.05) is 23.8 Å². The molecule has 0 saturated heterocycles. The second-order valence-electron chi connectivity index (χ2n) is 5.36. The minimum Gasteiger partial charge on any atom is -0.867 e. The molecule has 0 aliphatic carbocycles. The Morgan fingerprint density at radius 3 is 2.72 bits per heavy atom. The SMILES string of the molecule is O=[N+]([O-])c1cc(Cl)cc(C=NCCc2ccc3c(c2)OCCO3)c1[O-]. The predicted octanol–water partition coefficient (Wildman–Crippen LogP) is 2.75. The topological polar surface area (TPSA) is 97.0 Å². The molecule has 0 spiro atoms. The van der Waals surface area contributed by atoms with Crippen molar-refractivity contribution in [3.8, 4) is 17.2 Å². The average Bonchev–Trinajstić information content (AvgIpc) is 2.60. The van der Waals surface area contributed by atoms with E-state index < -0.39 is 16.4 Å². The van der Waals surface area contributed by atoms with E-state index in [2.05, 4.69) is 4.99 Å². The van der Waals surface area contributed by atoms with Crippen molar-refractivity contribution in [1.29, 1.82) is 0 Å². The van der Waals surface area contributed by atoms with Gasteiger partial charge in [-0.2, -0.15) is 0 Å². The van der Waals surface area contributed by atoms with Gasteiger partial charge in [0.2, 0.25) is 0 Å². The number of hydrogen-bond donors (Lipinski definition) is 0. The van der Waals surface area contributed by atoms with Gasteiger partial charge in [-0.05, 0) is 41.5 Å². The lowest BCUT2D eigenvalue weighted by Gasteiger charge is -2.18. The second kappa shape index (κ2) is 7.40. The largest absolute Gasteiger partial charge is 0.867 e. The molecule has 0 saturated carbocycles. The molecule has 0 aromatic heterocycles. The first-order valence-electron chi connectivity index (χ1n) is 7.58. The molecule has 0 amide bonds. The van der Waals surface area contributed by atoms with Crippen LogP contribution in [0.2, 0.25) is 5.02 Å². The molecule has 2 aromatic carbocycles. The van der Waals surface area contributed by atoms with Crippen LogP contribution in [0.1, 0.15) is 11.1 Å². The van der Waals surface area contributed by atoms with Crippen LogP contribution < -0.4 is 14.6 Å². The molecule has 3 rings (SSSR count). The maximum atomic E-state index is 12.0. The number of ether oxygens (including phenoxy) is 2. The molecule has 1 aliphatic rings. The molecule has 0 radical (unpaired) electrons. The molecule has 7 nitrogen and oxygen atoms in total. The number of nitrogens with zero attached hydrogens (tertiary/aromatic N) is 2. The third-order valence-corrected chi connectivity index (χ3v) is 3.84. The quantitative estimate of drug-likeness (QED) is 0.463. The molecule has 0 fully saturated rings. The fraction of sp³-hybridized carbons (Fsp3) is 0.235. The molecular weight excluding hydrogens is 348 g/mol. The van der Waals surface area contributed by atoms with Crippen molar-refractivity contribution >= 4 is 23.5 Å². The summed E-state index contributed by atoms with van der Waals surface area (Å²) in [6, 6.07) is 8.07. The number of benzene rings is 2. The highest BCUT2D eigenvalue weighted by molar-refractivity contribution is 6.31. The van der Waals surface area contributed by atoms with Crippen molar-refractivity contribution in [2.45, 2.75) is 6.42 Å². The Morgan fingerprint density at radius 1 is 1.20 bits per heavy atom. The minimum atomic E-state index is -0.749. The first-order chi connectivity index (χ1) is 12.0. The molecule has 2 aromatic rings. The maximum Gasteiger partial charge on any atom is 0.263 e. The molecular formula is C17H14ClN2O5-. The number of rotatable bonds is 5. The molecule has 1 heterocycles. The van der Waals surface area contributed by atoms with Crippen LogP contribution in [0.4, 0.5) is 5.69 Å². The van der Waals surface area contributed by atoms with Crippen LogP contribution in [0.3, 0.4) is 0 Å². The summed E-state index contributed by atoms with van der Waals surface area (Å²) in [5.74, 6) is 0.734. The molecule has 130 valence electrons. The molecule has 0 bridgehead atoms. The minimum absolute atomic E-state index is 0.0985. The Bertz CT molecular complexity index is 838. The van der Waals surface area contributed by atoms with Crippen LogP contribution in [0.15, 0.2) is 35.3 Å². The number of halogens is 1. The highest BCUT2D eigenvalue weighted by Crippen LogP contribution is 2.31. The summed E-state index contributed by atoms with van der Waals surface area (Å²) in [6.07, 6.45) is 1.95. The van der Waals surface area contributed by atoms with Gasteiger partial charge in [0.25, 0.3) is 5.69 Å². The number of hydrogen-bond acceptors (Lipinski definition) is 6. The van der Waals surface area contributed by atoms with Crippen molar-refractivity contribution in [3.63, 3.8) is 0 Å². The van der Waals surface area contributed by atoms with Crippen LogP contribution in [-0.2, 0) is 6.42 Å². The molecule has 0 N–H and O–H groups in total. The summed E-state index contributed by atoms with van der Waals surface area (Å²) in [6.45, 7) is 1.48. The standard InChI is InChI=1S/C17H15ClN2O5/c18-13-8-12(17(21)14(9-13)20(22)23)10-19-4-3-11-1-2-15-16(7-11)25-6-5-24-15/h1-2,7-10,21H,3-6H2/p-1. The van der Waals surface area contributed by atoms with Gasteiger partial charge in [0.05, 0.1) is 4.92 Å². The third kappa shape index (κ3) is 4.00. The van der Waals surface area contributed by atoms with Crippen LogP contribution in [0.5, 0.6) is 17.2 Å². The first kappa shape index (κ1) is 17.0. The van der Waals surface area contributed by atoms with Gasteiger partial charge in [-0.15, -0.1) is 0 Å². The Kier molecular flexibility index (Phi) is 5.04. The Hall–Kier alpha value is -2.80. The zero-order valence-corrected chi connectivity index (χ0v) is 13.9. The lowest BCUT2D eigenvalue weighted by atomic mass is 10.1. The van der Waals surface area contributed by atoms with Crippen LogP contribution in [0, 0.1) is 10.1 Å². The number of nitro benzene ring substituents is 1. The molecule has 0 unspecified atom stereocenters. The summed E-state index contributed by atoms with van der Waals surface area (Å²) in [7, 11) is 0. The van der Waals surface area contributed by atoms with Gasteiger partial charge in [-0.25, -0.2) is 0 Å². The Morgan fingerprint density at radius 2 is 1.96 bits per heavy atom. The van der Waals surface area contributed by atoms with Gasteiger partial charge >= 0.3 is 0 Å². The zero-order chi connectivity index (χ0) is 17.8. The highest BCUT2D eigenvalue weighted by Gasteiger charge is 2.12. The lowest BCUT2D eigenvalue weighted by molar-refractivity contribution is -0.398. The molecule has 25 heavy (non-hydrogen) atoms. The molecule has 1 aliphatic heterocycles. The average molecular weight is 362 g/mol. The highest BCUT2D eigenvalue weighted by atomic mass is 35.5. The Labute approximate surface area is 148 Å². The normalized spacial score (nSPS) is 13.2. The molecule has 0 atom stereocenters. The van der Waals surface area contributed by atoms with E-state index in [1.165, 1.54) is 12.3 Å². The zero-order valence-electron chi connectivity index (χ0n) is 13.1. The third-order valence-electron chi connectivity index (χ3n) is 3.63. The van der Waals surface area contributed by atoms with E-state index in [9.17, 15) is 15.2 Å². The second-order valence-corrected chi connectivity index (χ2v) is 5.80. The van der Waals surface area contributed by atoms with E-state index >= 15 is 0 Å². The number of nitro groups is 1. The number of aliphatic imine (C=N–C) groups is 1. The summed E-state index contributed by atoms with van der Waals surface area (Å²) in [5, 5.41) is 22.9. The fourth-order valence-corrected chi connectivity index (χ4v) is 2.65. The summed E-state index contributed by atoms with van der Waals surface area (Å²) >= 11 is 5.81. The van der Waals surface area contributed by atoms with E-state index in [1.54, 1.807) is 0 Å². The van der Waals surface area contributed by atoms with Crippen molar-refractivity contribution in [3.05, 3.63) is 56.6 Å². The maximum absolute atomic E-state index is 12.0. The summed E-state index contributed by atoms with van der Waals surface area (Å²) < 4.78 is 11.0. The number of fused-ring (bicyclic) bond motifs is 1. The predicted molar refractivity (Wildman–Crippen MR) is 91.1 cm³/mol. The van der Waals surface area contributed by atoms with Crippen molar-refractivity contribution in [2.75, 3.05) is 19.8 Å². The Balaban J connectivity index is 1.67. The summed E-state index contributed by atoms with van der Waals surface area (Å²) in [5.41, 5.74) is 0.558. The van der Waals surface area contributed by atoms with Crippen molar-refractivity contribution in [2.24, 2.45) is 4.99 Å². The van der Waals surface area contributed by atoms with Crippen molar-refractivity contribution in [1.82, 2.24) is 0 Å². The first-order valence-corrected chi connectivity index (χ1v) is 7.95. The molecule has 8 heteroatoms. The van der Waals surface area contributed by atoms with Gasteiger partial charge < -0.3 is 14.6 Å². The van der Waals surface area contributed by atoms with Gasteiger partial charge in [-0.3, -0.25) is 15.1 Å². The van der Waals surface area contributed by atoms with Crippen LogP contribution in [-0.4, -0.2) is 30.9 Å². The van der Waals surface area contributed by atoms with E-state index in [1.807, 2.05) is 18.2 Å². The van der Waals surface area contributed by atoms with E-state index in [4.69, 9.17) is 21.1 Å². The van der Waals surface area contributed by atoms with Crippen LogP contribution in [0.25, 0.3) is 0 Å². The fourth-order valence-electron chi connectivity index (χ4n) is 2.43. The monoisotopic (exact) mass is 361 g/mol. The van der Waals surface area contributed by atoms with E-state index in [0.29, 0.717) is 31.9 Å². The lowest BCUT2D eigenvalue weighted by Crippen LogP contribution is -2.15. The smallest absolute Gasteiger partial charge is 0.263 e. The van der Waals surface area contributed by atoms with E-state index in [0.717, 1.165) is 17.4 Å². The van der Waals surface area contributed by atoms with E-state index in [-0.39, 0.29) is 10.6 Å². The van der Waals surface area contributed by atoms with Gasteiger partial charge in [-0.1, -0.05) is 17.7 Å².